The van der Waals surface area contributed by atoms with Gasteiger partial charge in [-0.05, 0) is 31.2 Å². The van der Waals surface area contributed by atoms with Gasteiger partial charge in [0, 0.05) is 11.5 Å². The fourth-order valence-corrected chi connectivity index (χ4v) is 2.70. The minimum absolute atomic E-state index is 0.0442. The van der Waals surface area contributed by atoms with Gasteiger partial charge in [-0.25, -0.2) is 4.98 Å². The molecule has 28 heavy (non-hydrogen) atoms. The lowest BCUT2D eigenvalue weighted by atomic mass is 9.92. The Balaban J connectivity index is 1.63. The van der Waals surface area contributed by atoms with E-state index in [-0.39, 0.29) is 5.41 Å². The highest BCUT2D eigenvalue weighted by Crippen LogP contribution is 2.24. The lowest BCUT2D eigenvalue weighted by Gasteiger charge is -2.13. The maximum atomic E-state index is 5.49. The summed E-state index contributed by atoms with van der Waals surface area (Å²) in [7, 11) is 0. The maximum absolute atomic E-state index is 5.49. The van der Waals surface area contributed by atoms with Gasteiger partial charge in [-0.3, -0.25) is 5.10 Å². The first-order valence-electron chi connectivity index (χ1n) is 9.08. The van der Waals surface area contributed by atoms with E-state index < -0.39 is 0 Å². The van der Waals surface area contributed by atoms with Crippen LogP contribution in [0.1, 0.15) is 33.4 Å². The predicted molar refractivity (Wildman–Crippen MR) is 106 cm³/mol. The normalized spacial score (nSPS) is 11.7. The van der Waals surface area contributed by atoms with Crippen molar-refractivity contribution in [3.63, 3.8) is 0 Å². The zero-order chi connectivity index (χ0) is 19.7. The summed E-state index contributed by atoms with van der Waals surface area (Å²) in [6.07, 6.45) is 1.64. The number of nitrogens with one attached hydrogen (secondary N) is 2. The van der Waals surface area contributed by atoms with Gasteiger partial charge < -0.3 is 10.1 Å². The summed E-state index contributed by atoms with van der Waals surface area (Å²) in [5, 5.41) is 18.8. The summed E-state index contributed by atoms with van der Waals surface area (Å²) >= 11 is 0. The molecule has 0 saturated heterocycles. The van der Waals surface area contributed by atoms with E-state index in [0.29, 0.717) is 23.7 Å². The second-order valence-corrected chi connectivity index (χ2v) is 7.37. The van der Waals surface area contributed by atoms with E-state index in [2.05, 4.69) is 56.6 Å². The Hall–Kier alpha value is -3.49. The molecule has 9 heteroatoms. The molecule has 4 rings (SSSR count). The fraction of sp³-hybridized carbons (Fsp3) is 0.316. The molecular weight excluding hydrogens is 356 g/mol. The van der Waals surface area contributed by atoms with Crippen LogP contribution in [-0.2, 0) is 5.41 Å². The van der Waals surface area contributed by atoms with Gasteiger partial charge in [0.2, 0.25) is 5.95 Å². The largest absolute Gasteiger partial charge is 0.494 e. The van der Waals surface area contributed by atoms with Gasteiger partial charge in [0.05, 0.1) is 24.2 Å². The number of fused-ring (bicyclic) bond motifs is 1. The number of hydrogen-bond acceptors (Lipinski definition) is 7. The van der Waals surface area contributed by atoms with Crippen LogP contribution in [0.5, 0.6) is 5.75 Å². The number of hydrogen-bond donors (Lipinski definition) is 2. The van der Waals surface area contributed by atoms with Gasteiger partial charge >= 0.3 is 0 Å². The third kappa shape index (κ3) is 3.51. The van der Waals surface area contributed by atoms with E-state index in [1.54, 1.807) is 10.9 Å². The lowest BCUT2D eigenvalue weighted by Crippen LogP contribution is -2.11. The van der Waals surface area contributed by atoms with E-state index in [4.69, 9.17) is 4.74 Å². The third-order valence-corrected chi connectivity index (χ3v) is 4.18. The van der Waals surface area contributed by atoms with E-state index in [0.717, 1.165) is 22.9 Å². The number of anilines is 2. The van der Waals surface area contributed by atoms with Crippen LogP contribution < -0.4 is 10.1 Å². The molecule has 1 aromatic carbocycles. The van der Waals surface area contributed by atoms with Gasteiger partial charge in [0.1, 0.15) is 11.6 Å². The van der Waals surface area contributed by atoms with Crippen LogP contribution >= 0.6 is 0 Å². The van der Waals surface area contributed by atoms with Gasteiger partial charge in [-0.15, -0.1) is 5.10 Å². The number of benzene rings is 1. The van der Waals surface area contributed by atoms with E-state index in [9.17, 15) is 0 Å². The van der Waals surface area contributed by atoms with Crippen molar-refractivity contribution in [2.24, 2.45) is 0 Å². The second kappa shape index (κ2) is 6.91. The van der Waals surface area contributed by atoms with Gasteiger partial charge in [0.25, 0.3) is 0 Å². The van der Waals surface area contributed by atoms with Crippen LogP contribution in [0.25, 0.3) is 16.9 Å². The van der Waals surface area contributed by atoms with Gasteiger partial charge in [0.15, 0.2) is 11.2 Å². The highest BCUT2D eigenvalue weighted by Gasteiger charge is 2.18. The average Bonchev–Trinajstić information content (AvgIpc) is 3.29. The Morgan fingerprint density at radius 2 is 1.96 bits per heavy atom. The number of H-pyrrole nitrogens is 1. The first-order chi connectivity index (χ1) is 13.4. The molecule has 0 aliphatic heterocycles. The standard InChI is InChI=1S/C19H22N8O/c1-5-28-13-8-6-12(7-9-13)27-17-14(23-26-27)11-20-18(22-17)21-16-10-15(24-25-16)19(2,3)4/h6-11H,5H2,1-4H3,(H2,20,21,22,24,25). The Kier molecular flexibility index (Phi) is 4.42. The van der Waals surface area contributed by atoms with Crippen LogP contribution in [0, 0.1) is 0 Å². The van der Waals surface area contributed by atoms with Crippen molar-refractivity contribution in [2.75, 3.05) is 11.9 Å². The molecule has 0 atom stereocenters. The number of ether oxygens (including phenoxy) is 1. The lowest BCUT2D eigenvalue weighted by molar-refractivity contribution is 0.340. The van der Waals surface area contributed by atoms with Crippen LogP contribution in [-0.4, -0.2) is 41.8 Å². The first kappa shape index (κ1) is 17.9. The molecule has 2 N–H and O–H groups in total. The molecule has 3 aromatic heterocycles. The van der Waals surface area contributed by atoms with Crippen molar-refractivity contribution >= 4 is 22.9 Å². The molecule has 3 heterocycles. The molecule has 0 radical (unpaired) electrons. The molecule has 0 amide bonds. The minimum Gasteiger partial charge on any atom is -0.494 e. The van der Waals surface area contributed by atoms with Crippen molar-refractivity contribution < 1.29 is 4.74 Å². The van der Waals surface area contributed by atoms with Crippen LogP contribution in [0.15, 0.2) is 36.5 Å². The van der Waals surface area contributed by atoms with Crippen molar-refractivity contribution in [3.05, 3.63) is 42.2 Å². The van der Waals surface area contributed by atoms with Crippen molar-refractivity contribution in [1.82, 2.24) is 35.2 Å². The average molecular weight is 378 g/mol. The number of rotatable bonds is 5. The van der Waals surface area contributed by atoms with Crippen LogP contribution in [0.2, 0.25) is 0 Å². The molecule has 0 aliphatic carbocycles. The minimum atomic E-state index is -0.0442. The Morgan fingerprint density at radius 1 is 1.18 bits per heavy atom. The summed E-state index contributed by atoms with van der Waals surface area (Å²) in [6, 6.07) is 9.57. The second-order valence-electron chi connectivity index (χ2n) is 7.37. The number of aromatic nitrogens is 7. The quantitative estimate of drug-likeness (QED) is 0.548. The van der Waals surface area contributed by atoms with E-state index in [1.165, 1.54) is 0 Å². The molecule has 0 fully saturated rings. The topological polar surface area (TPSA) is 106 Å². The van der Waals surface area contributed by atoms with Gasteiger partial charge in [-0.1, -0.05) is 26.0 Å². The van der Waals surface area contributed by atoms with Crippen molar-refractivity contribution in [2.45, 2.75) is 33.1 Å². The summed E-state index contributed by atoms with van der Waals surface area (Å²) in [4.78, 5) is 8.89. The molecule has 0 aliphatic rings. The number of nitrogens with zero attached hydrogens (tertiary/aromatic N) is 6. The van der Waals surface area contributed by atoms with Crippen LogP contribution in [0.4, 0.5) is 11.8 Å². The summed E-state index contributed by atoms with van der Waals surface area (Å²) in [5.41, 5.74) is 2.97. The molecule has 0 saturated carbocycles. The summed E-state index contributed by atoms with van der Waals surface area (Å²) < 4.78 is 7.16. The van der Waals surface area contributed by atoms with E-state index in [1.807, 2.05) is 37.3 Å². The van der Waals surface area contributed by atoms with Crippen molar-refractivity contribution in [3.8, 4) is 11.4 Å². The van der Waals surface area contributed by atoms with Crippen LogP contribution in [0.3, 0.4) is 0 Å². The fourth-order valence-electron chi connectivity index (χ4n) is 2.70. The summed E-state index contributed by atoms with van der Waals surface area (Å²) in [5.74, 6) is 1.97. The molecule has 9 nitrogen and oxygen atoms in total. The highest BCUT2D eigenvalue weighted by molar-refractivity contribution is 5.72. The highest BCUT2D eigenvalue weighted by atomic mass is 16.5. The Morgan fingerprint density at radius 3 is 2.64 bits per heavy atom. The molecule has 144 valence electrons. The molecule has 4 aromatic rings. The molecule has 0 bridgehead atoms. The summed E-state index contributed by atoms with van der Waals surface area (Å²) in [6.45, 7) is 8.90. The number of aromatic amines is 1. The molecule has 0 spiro atoms. The maximum Gasteiger partial charge on any atom is 0.230 e. The zero-order valence-corrected chi connectivity index (χ0v) is 16.3. The predicted octanol–water partition coefficient (Wildman–Crippen LogP) is 3.37. The van der Waals surface area contributed by atoms with E-state index >= 15 is 0 Å². The van der Waals surface area contributed by atoms with Crippen molar-refractivity contribution in [1.29, 1.82) is 0 Å². The molecular formula is C19H22N8O. The Labute approximate surface area is 162 Å². The zero-order valence-electron chi connectivity index (χ0n) is 16.3. The SMILES string of the molecule is CCOc1ccc(-n2nnc3cnc(Nc4cc(C(C)(C)C)n[nH]4)nc32)cc1. The molecule has 0 unspecified atom stereocenters. The third-order valence-electron chi connectivity index (χ3n) is 4.18. The smallest absolute Gasteiger partial charge is 0.230 e. The first-order valence-corrected chi connectivity index (χ1v) is 9.08. The van der Waals surface area contributed by atoms with Gasteiger partial charge in [-0.2, -0.15) is 14.8 Å². The monoisotopic (exact) mass is 378 g/mol. The Bertz CT molecular complexity index is 1090.